The van der Waals surface area contributed by atoms with Crippen LogP contribution in [0.1, 0.15) is 109 Å². The molecule has 0 saturated heterocycles. The van der Waals surface area contributed by atoms with Gasteiger partial charge in [-0.1, -0.05) is 106 Å². The first-order valence-electron chi connectivity index (χ1n) is 24.4. The Morgan fingerprint density at radius 2 is 1.09 bits per heavy atom. The van der Waals surface area contributed by atoms with E-state index < -0.39 is 0 Å². The molecule has 4 aromatic carbocycles. The van der Waals surface area contributed by atoms with Crippen molar-refractivity contribution in [3.63, 3.8) is 0 Å². The molecular formula is C60H62F2N2O6. The molecule has 0 N–H and O–H groups in total. The largest absolute Gasteiger partial charge is 0.481 e. The highest BCUT2D eigenvalue weighted by Crippen LogP contribution is 2.48. The van der Waals surface area contributed by atoms with Gasteiger partial charge < -0.3 is 18.9 Å². The van der Waals surface area contributed by atoms with Gasteiger partial charge >= 0.3 is 11.9 Å². The standard InChI is InChI=1S/C30H30FNO3.C27H26FNO3.C3H6/c1-18(30(33)35-3)29(20-6-7-20)24-9-5-19-4-8-23(14-25(19)15-24)26-11-10-21(16-27(26)31)22-12-13-32-28(17-22)34-2;1-17(27(30)32-3)12-18-4-5-19-6-7-22(14-23(19)13-18)24-9-8-20(15-25(24)28)21-10-11-29-26(16-21)31-2;1-2-3-1/h5,9-18,20,29H,4,6-8H2,1-3H3;4-5,8-11,13-17H,6-7,12H2,1-3H3;1-3H2/t18-,29?;17-;/m11./s1. The molecule has 2 aromatic heterocycles. The number of carbonyl (C=O) groups excluding carboxylic acids is 2. The van der Waals surface area contributed by atoms with Crippen LogP contribution in [0.15, 0.2) is 109 Å². The first-order chi connectivity index (χ1) is 34.0. The number of nitrogens with zero attached hydrogens (tertiary/aromatic N) is 2. The van der Waals surface area contributed by atoms with E-state index in [4.69, 9.17) is 18.9 Å². The molecule has 8 nitrogen and oxygen atoms in total. The highest BCUT2D eigenvalue weighted by atomic mass is 19.1. The Kier molecular flexibility index (Phi) is 16.0. The van der Waals surface area contributed by atoms with Crippen LogP contribution in [0.2, 0.25) is 0 Å². The van der Waals surface area contributed by atoms with Crippen LogP contribution in [0.3, 0.4) is 0 Å². The number of methoxy groups -OCH3 is 4. The Morgan fingerprint density at radius 3 is 1.56 bits per heavy atom. The van der Waals surface area contributed by atoms with Crippen molar-refractivity contribution in [2.24, 2.45) is 17.8 Å². The third-order valence-corrected chi connectivity index (χ3v) is 13.7. The van der Waals surface area contributed by atoms with Crippen molar-refractivity contribution in [2.45, 2.75) is 84.0 Å². The van der Waals surface area contributed by atoms with E-state index in [0.717, 1.165) is 88.6 Å². The number of fused-ring (bicyclic) bond motifs is 2. The summed E-state index contributed by atoms with van der Waals surface area (Å²) >= 11 is 0. The van der Waals surface area contributed by atoms with Gasteiger partial charge in [0, 0.05) is 35.7 Å². The monoisotopic (exact) mass is 944 g/mol. The van der Waals surface area contributed by atoms with E-state index in [1.165, 1.54) is 50.2 Å². The van der Waals surface area contributed by atoms with Crippen LogP contribution in [-0.4, -0.2) is 50.3 Å². The molecule has 0 bridgehead atoms. The highest BCUT2D eigenvalue weighted by Gasteiger charge is 2.39. The molecule has 4 aliphatic rings. The second-order valence-corrected chi connectivity index (χ2v) is 18.8. The first-order valence-corrected chi connectivity index (χ1v) is 24.4. The second-order valence-electron chi connectivity index (χ2n) is 18.8. The molecule has 2 saturated carbocycles. The average molecular weight is 945 g/mol. The van der Waals surface area contributed by atoms with E-state index in [1.54, 1.807) is 50.9 Å². The zero-order valence-electron chi connectivity index (χ0n) is 41.0. The topological polar surface area (TPSA) is 96.8 Å². The van der Waals surface area contributed by atoms with Crippen LogP contribution < -0.4 is 9.47 Å². The van der Waals surface area contributed by atoms with Crippen LogP contribution in [0.4, 0.5) is 8.78 Å². The summed E-state index contributed by atoms with van der Waals surface area (Å²) in [6.45, 7) is 3.83. The highest BCUT2D eigenvalue weighted by molar-refractivity contribution is 5.87. The van der Waals surface area contributed by atoms with Crippen molar-refractivity contribution >= 4 is 35.2 Å². The second kappa shape index (κ2) is 22.7. The molecule has 4 aliphatic carbocycles. The van der Waals surface area contributed by atoms with E-state index in [9.17, 15) is 9.59 Å². The fourth-order valence-electron chi connectivity index (χ4n) is 9.51. The fourth-order valence-corrected chi connectivity index (χ4v) is 9.51. The molecule has 362 valence electrons. The number of aromatic nitrogens is 2. The van der Waals surface area contributed by atoms with E-state index >= 15 is 8.78 Å². The maximum Gasteiger partial charge on any atom is 0.309 e. The maximum atomic E-state index is 15.3. The Labute approximate surface area is 410 Å². The number of hydrogen-bond acceptors (Lipinski definition) is 8. The van der Waals surface area contributed by atoms with Gasteiger partial charge in [0.25, 0.3) is 0 Å². The van der Waals surface area contributed by atoms with Gasteiger partial charge in [0.15, 0.2) is 0 Å². The Hall–Kier alpha value is -6.94. The van der Waals surface area contributed by atoms with Crippen LogP contribution in [-0.2, 0) is 38.3 Å². The smallest absolute Gasteiger partial charge is 0.309 e. The summed E-state index contributed by atoms with van der Waals surface area (Å²) in [6, 6.07) is 30.8. The van der Waals surface area contributed by atoms with E-state index in [-0.39, 0.29) is 41.3 Å². The van der Waals surface area contributed by atoms with Crippen molar-refractivity contribution in [3.05, 3.63) is 166 Å². The number of allylic oxidation sites excluding steroid dienone is 2. The normalized spacial score (nSPS) is 15.6. The molecule has 70 heavy (non-hydrogen) atoms. The van der Waals surface area contributed by atoms with Gasteiger partial charge in [-0.2, -0.15) is 0 Å². The van der Waals surface area contributed by atoms with Gasteiger partial charge in [0.2, 0.25) is 11.8 Å². The van der Waals surface area contributed by atoms with Gasteiger partial charge in [0.1, 0.15) is 11.6 Å². The van der Waals surface area contributed by atoms with Crippen molar-refractivity contribution in [2.75, 3.05) is 28.4 Å². The molecule has 0 aliphatic heterocycles. The van der Waals surface area contributed by atoms with Crippen LogP contribution in [0, 0.1) is 29.4 Å². The van der Waals surface area contributed by atoms with Crippen molar-refractivity contribution in [1.29, 1.82) is 0 Å². The Bertz CT molecular complexity index is 2920. The van der Waals surface area contributed by atoms with Gasteiger partial charge in [-0.05, 0) is 148 Å². The molecule has 10 rings (SSSR count). The summed E-state index contributed by atoms with van der Waals surface area (Å²) < 4.78 is 50.7. The quantitative estimate of drug-likeness (QED) is 0.106. The third kappa shape index (κ3) is 12.1. The minimum atomic E-state index is -0.247. The Morgan fingerprint density at radius 1 is 0.586 bits per heavy atom. The third-order valence-electron chi connectivity index (χ3n) is 13.7. The number of benzene rings is 4. The number of esters is 2. The van der Waals surface area contributed by atoms with Crippen LogP contribution >= 0.6 is 0 Å². The molecule has 6 aromatic rings. The number of aryl methyl sites for hydroxylation is 2. The summed E-state index contributed by atoms with van der Waals surface area (Å²) in [5.74, 6) is 0.416. The first kappa shape index (κ1) is 49.5. The number of ether oxygens (including phenoxy) is 4. The number of halogens is 2. The summed E-state index contributed by atoms with van der Waals surface area (Å²) in [7, 11) is 5.99. The molecule has 0 spiro atoms. The maximum absolute atomic E-state index is 15.3. The van der Waals surface area contributed by atoms with E-state index in [0.29, 0.717) is 35.2 Å². The molecule has 0 amide bonds. The van der Waals surface area contributed by atoms with E-state index in [2.05, 4.69) is 58.5 Å². The molecule has 1 unspecified atom stereocenters. The number of rotatable bonds is 13. The lowest BCUT2D eigenvalue weighted by Crippen LogP contribution is -2.22. The number of pyridine rings is 2. The van der Waals surface area contributed by atoms with Gasteiger partial charge in [-0.3, -0.25) is 9.59 Å². The zero-order chi connectivity index (χ0) is 49.3. The average Bonchev–Trinajstić information content (AvgIpc) is 4.34. The molecule has 2 heterocycles. The molecule has 0 radical (unpaired) electrons. The zero-order valence-corrected chi connectivity index (χ0v) is 41.0. The summed E-state index contributed by atoms with van der Waals surface area (Å²) in [6.07, 6.45) is 18.2. The van der Waals surface area contributed by atoms with Crippen molar-refractivity contribution < 1.29 is 37.3 Å². The minimum absolute atomic E-state index is 0.153. The van der Waals surface area contributed by atoms with Gasteiger partial charge in [-0.15, -0.1) is 0 Å². The van der Waals surface area contributed by atoms with Crippen LogP contribution in [0.5, 0.6) is 11.8 Å². The molecular weight excluding hydrogens is 883 g/mol. The Balaban J connectivity index is 0.000000178. The lowest BCUT2D eigenvalue weighted by atomic mass is 9.80. The predicted molar refractivity (Wildman–Crippen MR) is 273 cm³/mol. The number of hydrogen-bond donors (Lipinski definition) is 0. The summed E-state index contributed by atoms with van der Waals surface area (Å²) in [5.41, 5.74) is 13.5. The molecule has 2 fully saturated rings. The van der Waals surface area contributed by atoms with Crippen LogP contribution in [0.25, 0.3) is 45.6 Å². The lowest BCUT2D eigenvalue weighted by Gasteiger charge is -2.25. The summed E-state index contributed by atoms with van der Waals surface area (Å²) in [5, 5.41) is 0. The van der Waals surface area contributed by atoms with Crippen molar-refractivity contribution in [1.82, 2.24) is 9.97 Å². The van der Waals surface area contributed by atoms with E-state index in [1.807, 2.05) is 50.2 Å². The number of carbonyl (C=O) groups is 2. The summed E-state index contributed by atoms with van der Waals surface area (Å²) in [4.78, 5) is 32.3. The van der Waals surface area contributed by atoms with Crippen molar-refractivity contribution in [3.8, 4) is 34.0 Å². The minimum Gasteiger partial charge on any atom is -0.481 e. The predicted octanol–water partition coefficient (Wildman–Crippen LogP) is 13.6. The fraction of sp³-hybridized carbons (Fsp3) is 0.333. The molecule has 10 heteroatoms. The molecule has 3 atom stereocenters. The lowest BCUT2D eigenvalue weighted by molar-refractivity contribution is -0.146. The SMILES string of the molecule is C1CC1.COC(=O)[C@H](C)C(c1ccc2c(c1)C=C(c1ccc(-c3ccnc(OC)c3)cc1F)CC2)C1CC1.COC(=O)[C@H](C)Cc1ccc2c(c1)C=C(c1ccc(-c3ccnc(OC)c3)cc1F)CC2. The van der Waals surface area contributed by atoms with Gasteiger partial charge in [0.05, 0.1) is 40.3 Å². The van der Waals surface area contributed by atoms with Gasteiger partial charge in [-0.25, -0.2) is 18.7 Å².